The first-order valence-electron chi connectivity index (χ1n) is 4.62. The summed E-state index contributed by atoms with van der Waals surface area (Å²) < 4.78 is 23.8. The van der Waals surface area contributed by atoms with Crippen molar-refractivity contribution in [3.05, 3.63) is 29.8 Å². The van der Waals surface area contributed by atoms with Crippen LogP contribution in [0.4, 0.5) is 0 Å². The van der Waals surface area contributed by atoms with E-state index in [9.17, 15) is 8.42 Å². The normalized spacial score (nSPS) is 29.6. The molecule has 14 heavy (non-hydrogen) atoms. The van der Waals surface area contributed by atoms with Gasteiger partial charge in [-0.3, -0.25) is 0 Å². The van der Waals surface area contributed by atoms with Crippen molar-refractivity contribution in [1.29, 1.82) is 0 Å². The first-order chi connectivity index (χ1) is 6.53. The van der Waals surface area contributed by atoms with Crippen molar-refractivity contribution in [1.82, 2.24) is 0 Å². The third-order valence-corrected chi connectivity index (χ3v) is 4.98. The number of hydrogen-bond donors (Lipinski definition) is 1. The molecule has 0 amide bonds. The lowest BCUT2D eigenvalue weighted by Gasteiger charge is -2.26. The Balaban J connectivity index is 2.69. The highest BCUT2D eigenvalue weighted by Crippen LogP contribution is 2.34. The number of hydrogen-bond acceptors (Lipinski definition) is 3. The summed E-state index contributed by atoms with van der Waals surface area (Å²) in [6.07, 6.45) is 0.513. The van der Waals surface area contributed by atoms with Gasteiger partial charge in [-0.05, 0) is 25.0 Å². The van der Waals surface area contributed by atoms with Crippen molar-refractivity contribution in [2.24, 2.45) is 5.73 Å². The van der Waals surface area contributed by atoms with Crippen molar-refractivity contribution in [3.8, 4) is 0 Å². The van der Waals surface area contributed by atoms with Gasteiger partial charge in [-0.25, -0.2) is 8.42 Å². The van der Waals surface area contributed by atoms with E-state index in [1.165, 1.54) is 0 Å². The van der Waals surface area contributed by atoms with E-state index in [2.05, 4.69) is 0 Å². The smallest absolute Gasteiger partial charge is 0.181 e. The molecule has 4 heteroatoms. The number of nitrogens with two attached hydrogens (primary N) is 1. The Hall–Kier alpha value is -0.870. The largest absolute Gasteiger partial charge is 0.324 e. The summed E-state index contributed by atoms with van der Waals surface area (Å²) in [5.41, 5.74) is 6.65. The molecule has 1 aliphatic heterocycles. The maximum Gasteiger partial charge on any atom is 0.181 e. The number of fused-ring (bicyclic) bond motifs is 1. The second kappa shape index (κ2) is 3.07. The van der Waals surface area contributed by atoms with E-state index in [4.69, 9.17) is 5.73 Å². The molecule has 0 saturated heterocycles. The summed E-state index contributed by atoms with van der Waals surface area (Å²) >= 11 is 0. The standard InChI is InChI=1S/C10H13NO2S/c1-7-6-9(11)8-4-2-3-5-10(8)14(7,12)13/h2-5,7,9H,6,11H2,1H3/t7-,9+/m1/s1. The average Bonchev–Trinajstić information content (AvgIpc) is 2.16. The summed E-state index contributed by atoms with van der Waals surface area (Å²) in [6.45, 7) is 1.71. The molecule has 1 aromatic carbocycles. The lowest BCUT2D eigenvalue weighted by Crippen LogP contribution is -2.31. The van der Waals surface area contributed by atoms with Crippen molar-refractivity contribution >= 4 is 9.84 Å². The van der Waals surface area contributed by atoms with E-state index in [1.807, 2.05) is 6.07 Å². The van der Waals surface area contributed by atoms with Crippen LogP contribution in [0, 0.1) is 0 Å². The third-order valence-electron chi connectivity index (χ3n) is 2.74. The summed E-state index contributed by atoms with van der Waals surface area (Å²) in [5, 5.41) is -0.368. The van der Waals surface area contributed by atoms with Crippen LogP contribution in [0.15, 0.2) is 29.2 Å². The van der Waals surface area contributed by atoms with Crippen molar-refractivity contribution < 1.29 is 8.42 Å². The Labute approximate surface area is 83.9 Å². The maximum atomic E-state index is 11.9. The maximum absolute atomic E-state index is 11.9. The fourth-order valence-electron chi connectivity index (χ4n) is 1.87. The van der Waals surface area contributed by atoms with Gasteiger partial charge < -0.3 is 5.73 Å². The van der Waals surface area contributed by atoms with Crippen molar-refractivity contribution in [2.75, 3.05) is 0 Å². The van der Waals surface area contributed by atoms with Gasteiger partial charge in [0.25, 0.3) is 0 Å². The van der Waals surface area contributed by atoms with E-state index in [0.717, 1.165) is 5.56 Å². The molecule has 2 rings (SSSR count). The highest BCUT2D eigenvalue weighted by Gasteiger charge is 2.33. The molecule has 76 valence electrons. The highest BCUT2D eigenvalue weighted by molar-refractivity contribution is 7.92. The molecule has 0 radical (unpaired) electrons. The molecule has 0 bridgehead atoms. The van der Waals surface area contributed by atoms with Crippen molar-refractivity contribution in [3.63, 3.8) is 0 Å². The van der Waals surface area contributed by atoms with Gasteiger partial charge >= 0.3 is 0 Å². The Morgan fingerprint density at radius 3 is 2.71 bits per heavy atom. The van der Waals surface area contributed by atoms with E-state index >= 15 is 0 Å². The van der Waals surface area contributed by atoms with E-state index in [-0.39, 0.29) is 11.3 Å². The van der Waals surface area contributed by atoms with Gasteiger partial charge in [-0.15, -0.1) is 0 Å². The van der Waals surface area contributed by atoms with Gasteiger partial charge in [-0.1, -0.05) is 18.2 Å². The Morgan fingerprint density at radius 1 is 1.36 bits per heavy atom. The van der Waals surface area contributed by atoms with E-state index in [1.54, 1.807) is 25.1 Å². The molecule has 0 aromatic heterocycles. The van der Waals surface area contributed by atoms with Gasteiger partial charge in [0, 0.05) is 6.04 Å². The van der Waals surface area contributed by atoms with E-state index < -0.39 is 9.84 Å². The first kappa shape index (κ1) is 9.68. The zero-order valence-corrected chi connectivity index (χ0v) is 8.79. The SMILES string of the molecule is C[C@@H]1C[C@H](N)c2ccccc2S1(=O)=O. The quantitative estimate of drug-likeness (QED) is 0.702. The van der Waals surface area contributed by atoms with Crippen LogP contribution in [0.1, 0.15) is 24.9 Å². The van der Waals surface area contributed by atoms with E-state index in [0.29, 0.717) is 11.3 Å². The summed E-state index contributed by atoms with van der Waals surface area (Å²) in [4.78, 5) is 0.409. The summed E-state index contributed by atoms with van der Waals surface area (Å²) in [7, 11) is -3.13. The zero-order valence-electron chi connectivity index (χ0n) is 7.97. The molecule has 1 aliphatic rings. The number of benzene rings is 1. The van der Waals surface area contributed by atoms with Crippen molar-refractivity contribution in [2.45, 2.75) is 29.5 Å². The van der Waals surface area contributed by atoms with Gasteiger partial charge in [0.05, 0.1) is 10.1 Å². The molecule has 0 unspecified atom stereocenters. The minimum atomic E-state index is -3.13. The molecule has 0 fully saturated rings. The highest BCUT2D eigenvalue weighted by atomic mass is 32.2. The van der Waals surface area contributed by atoms with Gasteiger partial charge in [-0.2, -0.15) is 0 Å². The van der Waals surface area contributed by atoms with Gasteiger partial charge in [0.2, 0.25) is 0 Å². The predicted molar refractivity (Wildman–Crippen MR) is 54.6 cm³/mol. The van der Waals surface area contributed by atoms with Crippen LogP contribution in [0.2, 0.25) is 0 Å². The van der Waals surface area contributed by atoms with Crippen LogP contribution in [0.25, 0.3) is 0 Å². The van der Waals surface area contributed by atoms with Crippen LogP contribution in [0.5, 0.6) is 0 Å². The van der Waals surface area contributed by atoms with Crippen LogP contribution in [0.3, 0.4) is 0 Å². The molecule has 1 aromatic rings. The molecular formula is C10H13NO2S. The first-order valence-corrected chi connectivity index (χ1v) is 6.16. The fraction of sp³-hybridized carbons (Fsp3) is 0.400. The third kappa shape index (κ3) is 1.26. The number of rotatable bonds is 0. The monoisotopic (exact) mass is 211 g/mol. The lowest BCUT2D eigenvalue weighted by molar-refractivity contribution is 0.537. The average molecular weight is 211 g/mol. The van der Waals surface area contributed by atoms with Gasteiger partial charge in [0.1, 0.15) is 0 Å². The molecule has 1 heterocycles. The van der Waals surface area contributed by atoms with Crippen LogP contribution in [-0.2, 0) is 9.84 Å². The fourth-order valence-corrected chi connectivity index (χ4v) is 3.58. The molecule has 2 N–H and O–H groups in total. The minimum absolute atomic E-state index is 0.148. The van der Waals surface area contributed by atoms with Crippen LogP contribution in [-0.4, -0.2) is 13.7 Å². The molecule has 2 atom stereocenters. The zero-order chi connectivity index (χ0) is 10.3. The second-order valence-electron chi connectivity index (χ2n) is 3.74. The predicted octanol–water partition coefficient (Wildman–Crippen LogP) is 1.25. The summed E-state index contributed by atoms with van der Waals surface area (Å²) in [6, 6.07) is 6.85. The number of sulfone groups is 1. The minimum Gasteiger partial charge on any atom is -0.324 e. The molecule has 0 saturated carbocycles. The molecular weight excluding hydrogens is 198 g/mol. The Morgan fingerprint density at radius 2 is 2.00 bits per heavy atom. The van der Waals surface area contributed by atoms with Crippen LogP contribution >= 0.6 is 0 Å². The lowest BCUT2D eigenvalue weighted by atomic mass is 10.0. The molecule has 3 nitrogen and oxygen atoms in total. The van der Waals surface area contributed by atoms with Crippen LogP contribution < -0.4 is 5.73 Å². The Kier molecular flexibility index (Phi) is 2.12. The van der Waals surface area contributed by atoms with Gasteiger partial charge in [0.15, 0.2) is 9.84 Å². The molecule has 0 aliphatic carbocycles. The second-order valence-corrected chi connectivity index (χ2v) is 6.07. The molecule has 0 spiro atoms. The topological polar surface area (TPSA) is 60.2 Å². The Bertz CT molecular complexity index is 453. The summed E-state index contributed by atoms with van der Waals surface area (Å²) in [5.74, 6) is 0.